The number of thioether (sulfide) groups is 1. The van der Waals surface area contributed by atoms with E-state index in [2.05, 4.69) is 28.1 Å². The molecule has 3 aromatic rings. The highest BCUT2D eigenvalue weighted by atomic mass is 35.5. The van der Waals surface area contributed by atoms with Crippen molar-refractivity contribution < 1.29 is 19.6 Å². The van der Waals surface area contributed by atoms with Gasteiger partial charge in [-0.3, -0.25) is 24.1 Å². The van der Waals surface area contributed by atoms with E-state index in [0.29, 0.717) is 29.9 Å². The Bertz CT molecular complexity index is 1540. The second-order valence-electron chi connectivity index (χ2n) is 7.24. The van der Waals surface area contributed by atoms with Crippen LogP contribution in [0.2, 0.25) is 4.34 Å². The lowest BCUT2D eigenvalue weighted by atomic mass is 10.0. The lowest BCUT2D eigenvalue weighted by Crippen LogP contribution is -2.70. The van der Waals surface area contributed by atoms with Crippen LogP contribution in [-0.4, -0.2) is 54.9 Å². The first-order chi connectivity index (χ1) is 16.7. The van der Waals surface area contributed by atoms with Gasteiger partial charge in [0.15, 0.2) is 16.3 Å². The first kappa shape index (κ1) is 24.3. The Morgan fingerprint density at radius 3 is 2.74 bits per heavy atom. The van der Waals surface area contributed by atoms with Gasteiger partial charge < -0.3 is 16.3 Å². The van der Waals surface area contributed by atoms with Crippen molar-refractivity contribution in [2.75, 3.05) is 11.5 Å². The Kier molecular flexibility index (Phi) is 6.39. The summed E-state index contributed by atoms with van der Waals surface area (Å²) in [4.78, 5) is 56.5. The molecule has 2 aliphatic heterocycles. The first-order valence-electron chi connectivity index (χ1n) is 9.58. The Labute approximate surface area is 222 Å². The third-order valence-electron chi connectivity index (χ3n) is 5.23. The van der Waals surface area contributed by atoms with Crippen molar-refractivity contribution in [3.05, 3.63) is 48.3 Å². The molecule has 35 heavy (non-hydrogen) atoms. The molecule has 0 bridgehead atoms. The minimum absolute atomic E-state index is 0.0635. The predicted octanol–water partition coefficient (Wildman–Crippen LogP) is 2.46. The van der Waals surface area contributed by atoms with Crippen LogP contribution in [0, 0.1) is 0 Å². The third kappa shape index (κ3) is 4.15. The molecule has 0 saturated carbocycles. The number of nitrogens with zero attached hydrogens (tertiary/aromatic N) is 3. The molecule has 2 aliphatic rings. The second-order valence-corrected chi connectivity index (χ2v) is 12.6. The number of carbonyl (C=O) groups is 3. The number of carbonyl (C=O) groups excluding carboxylic acids is 3. The highest BCUT2D eigenvalue weighted by Crippen LogP contribution is 2.45. The van der Waals surface area contributed by atoms with Gasteiger partial charge >= 0.3 is 0 Å². The quantitative estimate of drug-likeness (QED) is 0.117. The predicted molar refractivity (Wildman–Crippen MR) is 142 cm³/mol. The zero-order valence-electron chi connectivity index (χ0n) is 17.1. The number of rotatable bonds is 5. The van der Waals surface area contributed by atoms with Crippen LogP contribution in [0.4, 0.5) is 5.13 Å². The number of fused-ring (bicyclic) bond motifs is 2. The molecule has 180 valence electrons. The number of nitrogen functional groups attached to an aromatic ring is 1. The molecule has 3 aromatic heterocycles. The smallest absolute Gasteiger partial charge is 0.276 e. The minimum atomic E-state index is -0.971. The number of thiol groups is 1. The van der Waals surface area contributed by atoms with E-state index in [9.17, 15) is 24.4 Å². The van der Waals surface area contributed by atoms with E-state index in [4.69, 9.17) is 17.3 Å². The van der Waals surface area contributed by atoms with E-state index in [1.807, 2.05) is 0 Å². The van der Waals surface area contributed by atoms with Gasteiger partial charge in [-0.1, -0.05) is 29.4 Å². The van der Waals surface area contributed by atoms with Crippen molar-refractivity contribution >= 4 is 113 Å². The Morgan fingerprint density at radius 1 is 1.31 bits per heavy atom. The van der Waals surface area contributed by atoms with Gasteiger partial charge in [-0.25, -0.2) is 4.98 Å². The van der Waals surface area contributed by atoms with E-state index in [1.54, 1.807) is 6.07 Å². The van der Waals surface area contributed by atoms with Crippen molar-refractivity contribution in [1.29, 1.82) is 0 Å². The summed E-state index contributed by atoms with van der Waals surface area (Å²) < 4.78 is 1.19. The Hall–Kier alpha value is -2.43. The highest BCUT2D eigenvalue weighted by Gasteiger charge is 2.54. The normalized spacial score (nSPS) is 20.1. The summed E-state index contributed by atoms with van der Waals surface area (Å²) in [5.74, 6) is -1.05. The zero-order valence-corrected chi connectivity index (χ0v) is 22.0. The number of β-lactam (4-membered cyclic amide) rings is 1. The van der Waals surface area contributed by atoms with Crippen LogP contribution in [0.1, 0.15) is 10.6 Å². The molecular weight excluding hydrogens is 574 g/mol. The molecule has 1 saturated heterocycles. The topological polar surface area (TPSA) is 155 Å². The van der Waals surface area contributed by atoms with Crippen LogP contribution < -0.4 is 16.5 Å². The largest absolute Gasteiger partial charge is 0.410 e. The number of hydrogen-bond acceptors (Lipinski definition) is 12. The second kappa shape index (κ2) is 9.22. The summed E-state index contributed by atoms with van der Waals surface area (Å²) in [6, 6.07) is 2.06. The summed E-state index contributed by atoms with van der Waals surface area (Å²) in [5, 5.41) is 15.7. The van der Waals surface area contributed by atoms with Crippen LogP contribution in [0.3, 0.4) is 0 Å². The van der Waals surface area contributed by atoms with E-state index >= 15 is 0 Å². The Balaban J connectivity index is 1.44. The first-order valence-corrected chi connectivity index (χ1v) is 14.0. The monoisotopic (exact) mass is 585 g/mol. The van der Waals surface area contributed by atoms with E-state index in [1.165, 1.54) is 50.8 Å². The maximum absolute atomic E-state index is 13.0. The standard InChI is InChI=1S/C19H12ClN5O5S5/c20-10-1-5-8(26)2-9(34-18(5)35-10)6-3-32-16-12(15(28)25(16)13(6)17(29)31)23-14(27)11(24-30)7-4-33-19(21)22-7/h1-2,4,12,16,30H,3H2,(H2,21,22)(H,23,27)(H,29,31)/t12?,16-/m1/s1. The van der Waals surface area contributed by atoms with Gasteiger partial charge in [0.1, 0.15) is 22.8 Å². The van der Waals surface area contributed by atoms with Crippen LogP contribution in [-0.2, 0) is 14.4 Å². The highest BCUT2D eigenvalue weighted by molar-refractivity contribution is 8.00. The fraction of sp³-hybridized carbons (Fsp3) is 0.158. The molecule has 0 aliphatic carbocycles. The van der Waals surface area contributed by atoms with Gasteiger partial charge in [0, 0.05) is 27.6 Å². The maximum atomic E-state index is 13.0. The van der Waals surface area contributed by atoms with Crippen LogP contribution in [0.25, 0.3) is 15.0 Å². The molecule has 10 nitrogen and oxygen atoms in total. The number of hydrogen-bond donors (Lipinski definition) is 4. The van der Waals surface area contributed by atoms with Crippen molar-refractivity contribution in [2.24, 2.45) is 5.16 Å². The van der Waals surface area contributed by atoms with Gasteiger partial charge in [-0.05, 0) is 6.07 Å². The molecule has 1 fully saturated rings. The van der Waals surface area contributed by atoms with Crippen LogP contribution >= 0.6 is 70.0 Å². The molecular formula is C19H12ClN5O5S5. The fourth-order valence-electron chi connectivity index (χ4n) is 3.69. The lowest BCUT2D eigenvalue weighted by Gasteiger charge is -2.49. The van der Waals surface area contributed by atoms with Gasteiger partial charge in [0.2, 0.25) is 5.12 Å². The molecule has 0 aromatic carbocycles. The fourth-order valence-corrected chi connectivity index (χ4v) is 8.67. The number of oxime groups is 1. The van der Waals surface area contributed by atoms with Gasteiger partial charge in [-0.15, -0.1) is 45.8 Å². The van der Waals surface area contributed by atoms with Crippen molar-refractivity contribution in [2.45, 2.75) is 11.4 Å². The van der Waals surface area contributed by atoms with Crippen LogP contribution in [0.15, 0.2) is 33.2 Å². The average molecular weight is 586 g/mol. The third-order valence-corrected chi connectivity index (χ3v) is 9.95. The molecule has 4 N–H and O–H groups in total. The lowest BCUT2D eigenvalue weighted by molar-refractivity contribution is -0.145. The number of aromatic nitrogens is 1. The zero-order chi connectivity index (χ0) is 25.0. The molecule has 0 radical (unpaired) electrons. The average Bonchev–Trinajstić information content (AvgIpc) is 3.41. The summed E-state index contributed by atoms with van der Waals surface area (Å²) >= 11 is 15.0. The number of nitrogens with one attached hydrogen (secondary N) is 1. The SMILES string of the molecule is Nc1nc(C(=NO)C(=O)NC2C(=O)N3C(C(=O)S)=C(c4cc(=O)c5cc(Cl)sc5s4)CS[C@H]23)cs1. The van der Waals surface area contributed by atoms with E-state index in [-0.39, 0.29) is 27.7 Å². The molecule has 1 unspecified atom stereocenters. The van der Waals surface area contributed by atoms with E-state index < -0.39 is 28.3 Å². The summed E-state index contributed by atoms with van der Waals surface area (Å²) in [6.07, 6.45) is 0. The van der Waals surface area contributed by atoms with Gasteiger partial charge in [-0.2, -0.15) is 0 Å². The van der Waals surface area contributed by atoms with Gasteiger partial charge in [0.05, 0.1) is 13.7 Å². The summed E-state index contributed by atoms with van der Waals surface area (Å²) in [5.41, 5.74) is 5.59. The minimum Gasteiger partial charge on any atom is -0.410 e. The number of halogens is 1. The molecule has 2 atom stereocenters. The van der Waals surface area contributed by atoms with Crippen molar-refractivity contribution in [3.63, 3.8) is 0 Å². The molecule has 16 heteroatoms. The number of amides is 2. The number of anilines is 1. The van der Waals surface area contributed by atoms with Crippen LogP contribution in [0.5, 0.6) is 0 Å². The molecule has 5 rings (SSSR count). The summed E-state index contributed by atoms with van der Waals surface area (Å²) in [7, 11) is 0. The number of nitrogens with two attached hydrogens (primary N) is 1. The van der Waals surface area contributed by atoms with Crippen molar-refractivity contribution in [3.8, 4) is 0 Å². The number of thiophene rings is 1. The maximum Gasteiger partial charge on any atom is 0.276 e. The Morgan fingerprint density at radius 2 is 2.09 bits per heavy atom. The van der Waals surface area contributed by atoms with Crippen molar-refractivity contribution in [1.82, 2.24) is 15.2 Å². The molecule has 0 spiro atoms. The molecule has 5 heterocycles. The number of thiazole rings is 1. The van der Waals surface area contributed by atoms with E-state index in [0.717, 1.165) is 11.3 Å². The van der Waals surface area contributed by atoms with Gasteiger partial charge in [0.25, 0.3) is 11.8 Å². The summed E-state index contributed by atoms with van der Waals surface area (Å²) in [6.45, 7) is 0. The molecule has 2 amide bonds.